The van der Waals surface area contributed by atoms with Crippen molar-refractivity contribution in [3.8, 4) is 0 Å². The van der Waals surface area contributed by atoms with E-state index in [0.29, 0.717) is 18.7 Å². The smallest absolute Gasteiger partial charge is 0.407 e. The molecule has 0 bridgehead atoms. The second kappa shape index (κ2) is 26.3. The van der Waals surface area contributed by atoms with Crippen molar-refractivity contribution >= 4 is 12.2 Å². The molecule has 0 aromatic rings. The molecule has 220 valence electrons. The van der Waals surface area contributed by atoms with Gasteiger partial charge in [-0.15, -0.1) is 0 Å². The van der Waals surface area contributed by atoms with Crippen LogP contribution in [0.3, 0.4) is 0 Å². The Labute approximate surface area is 238 Å². The van der Waals surface area contributed by atoms with Gasteiger partial charge < -0.3 is 41.6 Å². The topological polar surface area (TPSA) is 76.7 Å². The van der Waals surface area contributed by atoms with Gasteiger partial charge in [-0.2, -0.15) is 0 Å². The highest BCUT2D eigenvalue weighted by atomic mass is 79.9. The van der Waals surface area contributed by atoms with Crippen LogP contribution in [0.4, 0.5) is 9.59 Å². The second-order valence-corrected chi connectivity index (χ2v) is 11.1. The first-order valence-corrected chi connectivity index (χ1v) is 14.5. The number of quaternary nitrogens is 1. The van der Waals surface area contributed by atoms with Crippen molar-refractivity contribution in [1.29, 1.82) is 0 Å². The minimum absolute atomic E-state index is 0. The molecule has 0 spiro atoms. The van der Waals surface area contributed by atoms with Gasteiger partial charge in [0.25, 0.3) is 0 Å². The third-order valence-corrected chi connectivity index (χ3v) is 6.17. The van der Waals surface area contributed by atoms with Crippen LogP contribution < -0.4 is 27.6 Å². The van der Waals surface area contributed by atoms with Crippen LogP contribution in [0, 0.1) is 0 Å². The molecule has 0 aliphatic heterocycles. The number of nitrogens with zero attached hydrogens (tertiary/aromatic N) is 1. The Balaban J connectivity index is 0. The lowest BCUT2D eigenvalue weighted by Crippen LogP contribution is -3.00. The number of nitrogens with one attached hydrogen (secondary N) is 2. The minimum Gasteiger partial charge on any atom is -1.00 e. The maximum atomic E-state index is 11.8. The molecular formula is C29H58BrN3O4. The Hall–Kier alpha value is -1.28. The maximum Gasteiger partial charge on any atom is 0.407 e. The van der Waals surface area contributed by atoms with Crippen LogP contribution in [0.1, 0.15) is 110 Å². The zero-order valence-corrected chi connectivity index (χ0v) is 26.1. The van der Waals surface area contributed by atoms with Crippen molar-refractivity contribution in [3.63, 3.8) is 0 Å². The third-order valence-electron chi connectivity index (χ3n) is 6.17. The number of hydrogen-bond acceptors (Lipinski definition) is 4. The SMILES string of the molecule is C=C(COC(=O)NCCCCCCCCCCCCCCCCCC)COC(=O)NCC[N+](C)(C)C.[Br-]. The number of unbranched alkanes of at least 4 members (excludes halogenated alkanes) is 15. The molecule has 0 saturated heterocycles. The number of carbonyl (C=O) groups excluding carboxylic acids is 2. The Morgan fingerprint density at radius 1 is 0.622 bits per heavy atom. The normalized spacial score (nSPS) is 10.9. The molecule has 0 fully saturated rings. The van der Waals surface area contributed by atoms with Crippen molar-refractivity contribution in [3.05, 3.63) is 12.2 Å². The molecule has 0 aromatic heterocycles. The van der Waals surface area contributed by atoms with Gasteiger partial charge in [-0.1, -0.05) is 110 Å². The number of halogens is 1. The zero-order valence-electron chi connectivity index (χ0n) is 24.5. The lowest BCUT2D eigenvalue weighted by Gasteiger charge is -2.23. The molecule has 0 atom stereocenters. The molecule has 2 amide bonds. The van der Waals surface area contributed by atoms with Gasteiger partial charge in [0.15, 0.2) is 0 Å². The first kappa shape index (κ1) is 37.9. The fourth-order valence-corrected chi connectivity index (χ4v) is 3.84. The van der Waals surface area contributed by atoms with Gasteiger partial charge in [-0.25, -0.2) is 9.59 Å². The van der Waals surface area contributed by atoms with Crippen LogP contribution >= 0.6 is 0 Å². The van der Waals surface area contributed by atoms with E-state index in [2.05, 4.69) is 45.3 Å². The molecule has 7 nitrogen and oxygen atoms in total. The van der Waals surface area contributed by atoms with Crippen molar-refractivity contribution in [2.75, 3.05) is 54.0 Å². The summed E-state index contributed by atoms with van der Waals surface area (Å²) in [6.45, 7) is 8.09. The van der Waals surface area contributed by atoms with Crippen molar-refractivity contribution in [2.45, 2.75) is 110 Å². The van der Waals surface area contributed by atoms with E-state index in [1.165, 1.54) is 89.9 Å². The van der Waals surface area contributed by atoms with Crippen molar-refractivity contribution in [2.24, 2.45) is 0 Å². The Kier molecular flexibility index (Phi) is 27.0. The summed E-state index contributed by atoms with van der Waals surface area (Å²) in [4.78, 5) is 23.4. The van der Waals surface area contributed by atoms with E-state index in [1.54, 1.807) is 0 Å². The third kappa shape index (κ3) is 30.8. The molecule has 37 heavy (non-hydrogen) atoms. The van der Waals surface area contributed by atoms with Gasteiger partial charge in [-0.3, -0.25) is 0 Å². The van der Waals surface area contributed by atoms with Crippen molar-refractivity contribution < 1.29 is 40.5 Å². The predicted molar refractivity (Wildman–Crippen MR) is 150 cm³/mol. The van der Waals surface area contributed by atoms with E-state index >= 15 is 0 Å². The van der Waals surface area contributed by atoms with Gasteiger partial charge >= 0.3 is 12.2 Å². The number of ether oxygens (including phenoxy) is 2. The molecule has 2 N–H and O–H groups in total. The average molecular weight is 593 g/mol. The van der Waals surface area contributed by atoms with E-state index in [-0.39, 0.29) is 30.2 Å². The molecule has 0 aliphatic rings. The molecule has 0 saturated carbocycles. The number of alkyl carbamates (subject to hydrolysis) is 2. The number of hydrogen-bond donors (Lipinski definition) is 2. The lowest BCUT2D eigenvalue weighted by molar-refractivity contribution is -0.869. The summed E-state index contributed by atoms with van der Waals surface area (Å²) in [6, 6.07) is 0. The van der Waals surface area contributed by atoms with Crippen LogP contribution in [-0.4, -0.2) is 70.7 Å². The molecule has 0 radical (unpaired) electrons. The highest BCUT2D eigenvalue weighted by Crippen LogP contribution is 2.13. The summed E-state index contributed by atoms with van der Waals surface area (Å²) < 4.78 is 11.0. The quantitative estimate of drug-likeness (QED) is 0.101. The predicted octanol–water partition coefficient (Wildman–Crippen LogP) is 3.97. The Bertz CT molecular complexity index is 568. The number of carbonyl (C=O) groups is 2. The van der Waals surface area contributed by atoms with Crippen LogP contribution in [-0.2, 0) is 9.47 Å². The highest BCUT2D eigenvalue weighted by Gasteiger charge is 2.09. The van der Waals surface area contributed by atoms with E-state index in [9.17, 15) is 9.59 Å². The van der Waals surface area contributed by atoms with Gasteiger partial charge in [0, 0.05) is 6.54 Å². The van der Waals surface area contributed by atoms with Crippen LogP contribution in [0.5, 0.6) is 0 Å². The summed E-state index contributed by atoms with van der Waals surface area (Å²) in [5.41, 5.74) is 0.536. The first-order valence-electron chi connectivity index (χ1n) is 14.5. The molecule has 0 unspecified atom stereocenters. The summed E-state index contributed by atoms with van der Waals surface area (Å²) in [5.74, 6) is 0. The molecular weight excluding hydrogens is 534 g/mol. The van der Waals surface area contributed by atoms with Crippen LogP contribution in [0.15, 0.2) is 12.2 Å². The zero-order chi connectivity index (χ0) is 26.9. The summed E-state index contributed by atoms with van der Waals surface area (Å²) in [6.07, 6.45) is 20.3. The Morgan fingerprint density at radius 2 is 0.973 bits per heavy atom. The van der Waals surface area contributed by atoms with Gasteiger partial charge in [0.1, 0.15) is 13.2 Å². The second-order valence-electron chi connectivity index (χ2n) is 11.1. The van der Waals surface area contributed by atoms with E-state index in [0.717, 1.165) is 23.9 Å². The molecule has 0 aliphatic carbocycles. The Morgan fingerprint density at radius 3 is 1.35 bits per heavy atom. The van der Waals surface area contributed by atoms with Gasteiger partial charge in [0.05, 0.1) is 34.2 Å². The summed E-state index contributed by atoms with van der Waals surface area (Å²) in [5, 5.41) is 5.47. The molecule has 0 rings (SSSR count). The van der Waals surface area contributed by atoms with Gasteiger partial charge in [-0.05, 0) is 12.0 Å². The number of rotatable bonds is 24. The fourth-order valence-electron chi connectivity index (χ4n) is 3.84. The standard InChI is InChI=1S/C29H57N3O4.BrH/c1-6-7-8-9-10-11-12-13-14-15-16-17-18-19-20-21-22-30-28(33)35-25-27(2)26-36-29(34)31-23-24-32(3,4)5;/h2,6-26H2,1,3-5H3,(H-,30,31,33,34);1H. The van der Waals surface area contributed by atoms with E-state index < -0.39 is 12.2 Å². The summed E-state index contributed by atoms with van der Waals surface area (Å²) in [7, 11) is 6.16. The first-order chi connectivity index (χ1) is 17.2. The average Bonchev–Trinajstić information content (AvgIpc) is 2.82. The lowest BCUT2D eigenvalue weighted by atomic mass is 10.0. The molecule has 0 aromatic carbocycles. The largest absolute Gasteiger partial charge is 1.00 e. The highest BCUT2D eigenvalue weighted by molar-refractivity contribution is 5.68. The van der Waals surface area contributed by atoms with Crippen LogP contribution in [0.2, 0.25) is 0 Å². The maximum absolute atomic E-state index is 11.8. The molecule has 8 heteroatoms. The monoisotopic (exact) mass is 591 g/mol. The fraction of sp³-hybridized carbons (Fsp3) is 0.862. The number of amides is 2. The van der Waals surface area contributed by atoms with Crippen molar-refractivity contribution in [1.82, 2.24) is 10.6 Å². The summed E-state index contributed by atoms with van der Waals surface area (Å²) >= 11 is 0. The van der Waals surface area contributed by atoms with Gasteiger partial charge in [0.2, 0.25) is 0 Å². The number of likely N-dealkylation sites (N-methyl/N-ethyl adjacent to an activating group) is 1. The van der Waals surface area contributed by atoms with Crippen LogP contribution in [0.25, 0.3) is 0 Å². The minimum atomic E-state index is -0.488. The molecule has 0 heterocycles. The van der Waals surface area contributed by atoms with E-state index in [4.69, 9.17) is 9.47 Å². The van der Waals surface area contributed by atoms with E-state index in [1.807, 2.05) is 0 Å².